The van der Waals surface area contributed by atoms with Crippen LogP contribution >= 0.6 is 22.6 Å². The number of amides is 1. The molecule has 4 heteroatoms. The molecule has 1 rings (SSSR count). The van der Waals surface area contributed by atoms with E-state index in [1.165, 1.54) is 0 Å². The van der Waals surface area contributed by atoms with Gasteiger partial charge in [-0.05, 0) is 46.4 Å². The number of primary amides is 1. The van der Waals surface area contributed by atoms with Gasteiger partial charge in [0, 0.05) is 15.1 Å². The van der Waals surface area contributed by atoms with E-state index in [0.717, 1.165) is 9.13 Å². The number of carbonyl (C=O) groups excluding carboxylic acids is 1. The molecule has 14 heavy (non-hydrogen) atoms. The van der Waals surface area contributed by atoms with Crippen LogP contribution in [0.2, 0.25) is 0 Å². The van der Waals surface area contributed by atoms with Gasteiger partial charge in [0.25, 0.3) is 0 Å². The lowest BCUT2D eigenvalue weighted by Crippen LogP contribution is -2.12. The van der Waals surface area contributed by atoms with Crippen LogP contribution in [-0.4, -0.2) is 12.6 Å². The topological polar surface area (TPSA) is 43.1 Å². The number of hydrogen-bond donors (Lipinski definition) is 1. The minimum atomic E-state index is -0.516. The van der Waals surface area contributed by atoms with E-state index in [9.17, 15) is 9.18 Å². The van der Waals surface area contributed by atoms with Gasteiger partial charge in [-0.2, -0.15) is 0 Å². The molecule has 0 unspecified atom stereocenters. The summed E-state index contributed by atoms with van der Waals surface area (Å²) in [5.74, 6) is 0.113. The van der Waals surface area contributed by atoms with Gasteiger partial charge in [0.1, 0.15) is 0 Å². The average Bonchev–Trinajstić information content (AvgIpc) is 2.15. The highest BCUT2D eigenvalue weighted by Crippen LogP contribution is 2.19. The van der Waals surface area contributed by atoms with Gasteiger partial charge < -0.3 is 5.73 Å². The minimum Gasteiger partial charge on any atom is -0.366 e. The third kappa shape index (κ3) is 2.67. The zero-order chi connectivity index (χ0) is 10.7. The Labute approximate surface area is 95.8 Å². The maximum Gasteiger partial charge on any atom is 0.248 e. The third-order valence-electron chi connectivity index (χ3n) is 1.88. The fourth-order valence-electron chi connectivity index (χ4n) is 1.06. The molecule has 75 valence electrons. The molecule has 0 atom stereocenters. The van der Waals surface area contributed by atoms with Crippen LogP contribution < -0.4 is 5.73 Å². The third-order valence-corrected chi connectivity index (χ3v) is 2.50. The summed E-state index contributed by atoms with van der Waals surface area (Å²) in [4.78, 5) is 10.9. The van der Waals surface area contributed by atoms with Crippen molar-refractivity contribution in [3.63, 3.8) is 0 Å². The zero-order valence-electron chi connectivity index (χ0n) is 7.68. The number of alkyl halides is 1. The van der Waals surface area contributed by atoms with E-state index in [0.29, 0.717) is 11.5 Å². The molecule has 1 amide bonds. The quantitative estimate of drug-likeness (QED) is 0.856. The second-order valence-electron chi connectivity index (χ2n) is 3.01. The molecule has 0 aromatic heterocycles. The van der Waals surface area contributed by atoms with E-state index in [-0.39, 0.29) is 0 Å². The first-order chi connectivity index (χ1) is 6.54. The Hall–Kier alpha value is -0.650. The molecule has 0 spiro atoms. The molecule has 0 aliphatic heterocycles. The fourth-order valence-corrected chi connectivity index (χ4v) is 1.73. The van der Waals surface area contributed by atoms with Crippen molar-refractivity contribution >= 4 is 28.5 Å². The first-order valence-corrected chi connectivity index (χ1v) is 5.11. The van der Waals surface area contributed by atoms with Crippen LogP contribution in [0, 0.1) is 9.49 Å². The number of hydrogen-bond acceptors (Lipinski definition) is 1. The molecular weight excluding hydrogens is 296 g/mol. The highest BCUT2D eigenvalue weighted by Gasteiger charge is 2.10. The lowest BCUT2D eigenvalue weighted by atomic mass is 10.0. The maximum atomic E-state index is 12.4. The largest absolute Gasteiger partial charge is 0.366 e. The Morgan fingerprint density at radius 2 is 2.00 bits per heavy atom. The van der Waals surface area contributed by atoms with Crippen molar-refractivity contribution in [1.29, 1.82) is 0 Å². The molecule has 0 heterocycles. The van der Waals surface area contributed by atoms with E-state index in [1.54, 1.807) is 19.1 Å². The normalized spacial score (nSPS) is 10.6. The molecule has 2 N–H and O–H groups in total. The predicted octanol–water partition coefficient (Wildman–Crippen LogP) is 2.30. The first kappa shape index (κ1) is 11.4. The van der Waals surface area contributed by atoms with Crippen LogP contribution in [-0.2, 0) is 0 Å². The standard InChI is InChI=1S/C10H10FINO/c1-6(5-11)7-2-8(10(13)14)4-9(12)3-7/h2-4H,5H2,1H3,(H2,13,14). The minimum absolute atomic E-state index is 0.416. The van der Waals surface area contributed by atoms with Gasteiger partial charge in [0.05, 0.1) is 6.67 Å². The van der Waals surface area contributed by atoms with E-state index in [1.807, 2.05) is 6.07 Å². The van der Waals surface area contributed by atoms with E-state index in [2.05, 4.69) is 22.6 Å². The lowest BCUT2D eigenvalue weighted by molar-refractivity contribution is 0.1000. The van der Waals surface area contributed by atoms with E-state index >= 15 is 0 Å². The van der Waals surface area contributed by atoms with E-state index in [4.69, 9.17) is 5.73 Å². The number of carbonyl (C=O) groups is 1. The molecule has 0 saturated heterocycles. The number of benzene rings is 1. The highest BCUT2D eigenvalue weighted by molar-refractivity contribution is 14.1. The van der Waals surface area contributed by atoms with Gasteiger partial charge in [-0.25, -0.2) is 0 Å². The molecule has 0 aliphatic carbocycles. The molecule has 2 nitrogen and oxygen atoms in total. The molecule has 1 radical (unpaired) electrons. The summed E-state index contributed by atoms with van der Waals surface area (Å²) in [5, 5.41) is 0. The second kappa shape index (κ2) is 4.72. The lowest BCUT2D eigenvalue weighted by Gasteiger charge is -2.08. The SMILES string of the molecule is C[C](CF)c1cc(I)cc(C(N)=O)c1. The Morgan fingerprint density at radius 3 is 2.50 bits per heavy atom. The van der Waals surface area contributed by atoms with Crippen molar-refractivity contribution in [3.05, 3.63) is 38.8 Å². The first-order valence-electron chi connectivity index (χ1n) is 4.03. The van der Waals surface area contributed by atoms with Crippen molar-refractivity contribution < 1.29 is 9.18 Å². The number of nitrogens with two attached hydrogens (primary N) is 1. The predicted molar refractivity (Wildman–Crippen MR) is 61.7 cm³/mol. The highest BCUT2D eigenvalue weighted by atomic mass is 127. The molecular formula is C10H10FINO. The summed E-state index contributed by atoms with van der Waals surface area (Å²) in [7, 11) is 0. The molecule has 1 aromatic carbocycles. The monoisotopic (exact) mass is 306 g/mol. The van der Waals surface area contributed by atoms with Crippen molar-refractivity contribution in [2.75, 3.05) is 6.67 Å². The summed E-state index contributed by atoms with van der Waals surface area (Å²) >= 11 is 2.07. The van der Waals surface area contributed by atoms with Crippen LogP contribution in [0.5, 0.6) is 0 Å². The van der Waals surface area contributed by atoms with E-state index < -0.39 is 12.6 Å². The van der Waals surface area contributed by atoms with Crippen LogP contribution in [0.3, 0.4) is 0 Å². The van der Waals surface area contributed by atoms with Crippen molar-refractivity contribution in [2.24, 2.45) is 5.73 Å². The maximum absolute atomic E-state index is 12.4. The van der Waals surface area contributed by atoms with Crippen LogP contribution in [0.25, 0.3) is 0 Å². The van der Waals surface area contributed by atoms with Gasteiger partial charge in [-0.3, -0.25) is 9.18 Å². The van der Waals surface area contributed by atoms with Gasteiger partial charge in [0.15, 0.2) is 0 Å². The molecule has 0 saturated carbocycles. The summed E-state index contributed by atoms with van der Waals surface area (Å²) in [5.41, 5.74) is 6.29. The van der Waals surface area contributed by atoms with Crippen molar-refractivity contribution in [3.8, 4) is 0 Å². The van der Waals surface area contributed by atoms with Gasteiger partial charge in [0.2, 0.25) is 5.91 Å². The van der Waals surface area contributed by atoms with Gasteiger partial charge in [-0.15, -0.1) is 0 Å². The van der Waals surface area contributed by atoms with Crippen molar-refractivity contribution in [1.82, 2.24) is 0 Å². The summed E-state index contributed by atoms with van der Waals surface area (Å²) in [6, 6.07) is 5.11. The zero-order valence-corrected chi connectivity index (χ0v) is 9.84. The molecule has 0 fully saturated rings. The van der Waals surface area contributed by atoms with Crippen LogP contribution in [0.15, 0.2) is 18.2 Å². The molecule has 0 aliphatic rings. The summed E-state index contributed by atoms with van der Waals surface area (Å²) in [6.07, 6.45) is 0. The number of rotatable bonds is 3. The average molecular weight is 306 g/mol. The van der Waals surface area contributed by atoms with Crippen LogP contribution in [0.1, 0.15) is 22.8 Å². The summed E-state index contributed by atoms with van der Waals surface area (Å²) < 4.78 is 13.3. The molecule has 1 aromatic rings. The second-order valence-corrected chi connectivity index (χ2v) is 4.25. The van der Waals surface area contributed by atoms with Gasteiger partial charge in [-0.1, -0.05) is 6.92 Å². The number of halogens is 2. The summed E-state index contributed by atoms with van der Waals surface area (Å²) in [6.45, 7) is 1.18. The van der Waals surface area contributed by atoms with Gasteiger partial charge >= 0.3 is 0 Å². The Morgan fingerprint density at radius 1 is 1.43 bits per heavy atom. The van der Waals surface area contributed by atoms with Crippen LogP contribution in [0.4, 0.5) is 4.39 Å². The van der Waals surface area contributed by atoms with Crippen molar-refractivity contribution in [2.45, 2.75) is 6.92 Å². The smallest absolute Gasteiger partial charge is 0.248 e. The fraction of sp³-hybridized carbons (Fsp3) is 0.200. The Balaban J connectivity index is 3.13. The molecule has 0 bridgehead atoms. The Bertz CT molecular complexity index is 354. The Kier molecular flexibility index (Phi) is 3.86.